The van der Waals surface area contributed by atoms with E-state index in [2.05, 4.69) is 44.0 Å². The Labute approximate surface area is 109 Å². The third-order valence-corrected chi connectivity index (χ3v) is 3.25. The van der Waals surface area contributed by atoms with Crippen LogP contribution in [0.5, 0.6) is 0 Å². The molecule has 1 N–H and O–H groups in total. The number of benzene rings is 1. The van der Waals surface area contributed by atoms with Crippen LogP contribution in [-0.4, -0.2) is 16.7 Å². The monoisotopic (exact) mass is 243 g/mol. The predicted octanol–water partition coefficient (Wildman–Crippen LogP) is 3.46. The van der Waals surface area contributed by atoms with Crippen molar-refractivity contribution in [3.63, 3.8) is 0 Å². The van der Waals surface area contributed by atoms with Crippen molar-refractivity contribution in [2.45, 2.75) is 39.0 Å². The summed E-state index contributed by atoms with van der Waals surface area (Å²) in [6.45, 7) is 6.88. The summed E-state index contributed by atoms with van der Waals surface area (Å²) in [5.74, 6) is 0. The van der Waals surface area contributed by atoms with Gasteiger partial charge in [-0.05, 0) is 40.8 Å². The summed E-state index contributed by atoms with van der Waals surface area (Å²) < 4.78 is 0. The zero-order valence-electron chi connectivity index (χ0n) is 11.4. The van der Waals surface area contributed by atoms with E-state index in [1.807, 2.05) is 12.4 Å². The first-order valence-electron chi connectivity index (χ1n) is 6.50. The Bertz CT molecular complexity index is 540. The summed E-state index contributed by atoms with van der Waals surface area (Å²) in [6, 6.07) is 6.53. The van der Waals surface area contributed by atoms with Crippen molar-refractivity contribution in [1.29, 1.82) is 0 Å². The van der Waals surface area contributed by atoms with Gasteiger partial charge in [-0.15, -0.1) is 0 Å². The second-order valence-corrected chi connectivity index (χ2v) is 5.82. The highest BCUT2D eigenvalue weighted by Gasteiger charge is 2.16. The molecule has 0 bridgehead atoms. The lowest BCUT2D eigenvalue weighted by molar-refractivity contribution is 0.288. The second kappa shape index (κ2) is 5.07. The molecule has 2 aromatic rings. The molecule has 2 nitrogen and oxygen atoms in total. The Morgan fingerprint density at radius 3 is 2.61 bits per heavy atom. The van der Waals surface area contributed by atoms with E-state index >= 15 is 0 Å². The normalized spacial score (nSPS) is 12.0. The van der Waals surface area contributed by atoms with Crippen LogP contribution in [0.4, 0.5) is 0 Å². The van der Waals surface area contributed by atoms with E-state index in [1.165, 1.54) is 21.9 Å². The van der Waals surface area contributed by atoms with Gasteiger partial charge in [0.1, 0.15) is 0 Å². The summed E-state index contributed by atoms with van der Waals surface area (Å²) in [4.78, 5) is 4.35. The van der Waals surface area contributed by atoms with E-state index in [-0.39, 0.29) is 12.0 Å². The fourth-order valence-electron chi connectivity index (χ4n) is 2.26. The molecule has 0 amide bonds. The molecule has 0 spiro atoms. The maximum absolute atomic E-state index is 8.88. The molecule has 0 unspecified atom stereocenters. The van der Waals surface area contributed by atoms with Crippen LogP contribution >= 0.6 is 0 Å². The average molecular weight is 243 g/mol. The van der Waals surface area contributed by atoms with Crippen LogP contribution in [0.3, 0.4) is 0 Å². The molecule has 0 aliphatic carbocycles. The molecule has 0 saturated carbocycles. The first kappa shape index (κ1) is 13.0. The Balaban J connectivity index is 2.47. The number of aryl methyl sites for hydroxylation is 1. The van der Waals surface area contributed by atoms with E-state index in [1.54, 1.807) is 0 Å². The number of hydrogen-bond donors (Lipinski definition) is 1. The zero-order valence-corrected chi connectivity index (χ0v) is 11.4. The number of rotatable bonds is 3. The molecule has 1 heterocycles. The summed E-state index contributed by atoms with van der Waals surface area (Å²) in [7, 11) is 0. The molecule has 96 valence electrons. The lowest BCUT2D eigenvalue weighted by Crippen LogP contribution is -2.12. The first-order chi connectivity index (χ1) is 8.52. The van der Waals surface area contributed by atoms with E-state index in [9.17, 15) is 0 Å². The minimum absolute atomic E-state index is 0.110. The molecule has 2 heteroatoms. The van der Waals surface area contributed by atoms with Crippen molar-refractivity contribution < 1.29 is 5.11 Å². The molecule has 0 aliphatic rings. The van der Waals surface area contributed by atoms with Crippen molar-refractivity contribution in [3.05, 3.63) is 41.7 Å². The third-order valence-electron chi connectivity index (χ3n) is 3.25. The Kier molecular flexibility index (Phi) is 3.67. The van der Waals surface area contributed by atoms with E-state index in [0.29, 0.717) is 0 Å². The van der Waals surface area contributed by atoms with Crippen LogP contribution in [0.2, 0.25) is 0 Å². The Morgan fingerprint density at radius 2 is 1.94 bits per heavy atom. The molecule has 0 saturated heterocycles. The van der Waals surface area contributed by atoms with Gasteiger partial charge in [-0.3, -0.25) is 4.98 Å². The highest BCUT2D eigenvalue weighted by Crippen LogP contribution is 2.29. The van der Waals surface area contributed by atoms with Crippen molar-refractivity contribution in [3.8, 4) is 0 Å². The largest absolute Gasteiger partial charge is 0.396 e. The van der Waals surface area contributed by atoms with Crippen molar-refractivity contribution in [1.82, 2.24) is 4.98 Å². The van der Waals surface area contributed by atoms with Gasteiger partial charge in [0.15, 0.2) is 0 Å². The summed E-state index contributed by atoms with van der Waals surface area (Å²) in [5.41, 5.74) is 2.66. The predicted molar refractivity (Wildman–Crippen MR) is 75.8 cm³/mol. The average Bonchev–Trinajstić information content (AvgIpc) is 2.34. The van der Waals surface area contributed by atoms with Crippen LogP contribution in [0, 0.1) is 0 Å². The van der Waals surface area contributed by atoms with Gasteiger partial charge in [-0.2, -0.15) is 0 Å². The number of aromatic nitrogens is 1. The number of aliphatic hydroxyl groups is 1. The maximum atomic E-state index is 8.88. The minimum atomic E-state index is 0.110. The second-order valence-electron chi connectivity index (χ2n) is 5.82. The smallest absolute Gasteiger partial charge is 0.0434 e. The van der Waals surface area contributed by atoms with E-state index < -0.39 is 0 Å². The van der Waals surface area contributed by atoms with Crippen molar-refractivity contribution in [2.24, 2.45) is 0 Å². The van der Waals surface area contributed by atoms with Crippen LogP contribution in [0.15, 0.2) is 30.6 Å². The summed E-state index contributed by atoms with van der Waals surface area (Å²) in [5, 5.41) is 11.4. The van der Waals surface area contributed by atoms with Crippen LogP contribution in [0.25, 0.3) is 10.8 Å². The molecule has 2 rings (SSSR count). The third kappa shape index (κ3) is 2.70. The molecule has 1 aromatic carbocycles. The van der Waals surface area contributed by atoms with E-state index in [0.717, 1.165) is 12.8 Å². The van der Waals surface area contributed by atoms with Crippen LogP contribution < -0.4 is 0 Å². The quantitative estimate of drug-likeness (QED) is 0.895. The van der Waals surface area contributed by atoms with Gasteiger partial charge >= 0.3 is 0 Å². The molecule has 0 atom stereocenters. The molecular weight excluding hydrogens is 222 g/mol. The van der Waals surface area contributed by atoms with Crippen molar-refractivity contribution in [2.75, 3.05) is 6.61 Å². The SMILES string of the molecule is CC(C)(C)c1cncc2cc(CCCO)ccc12. The van der Waals surface area contributed by atoms with Gasteiger partial charge in [-0.25, -0.2) is 0 Å². The molecule has 1 aromatic heterocycles. The number of aliphatic hydroxyl groups excluding tert-OH is 1. The molecular formula is C16H21NO. The standard InChI is InChI=1S/C16H21NO/c1-16(2,3)15-11-17-10-13-9-12(5-4-8-18)6-7-14(13)15/h6-7,9-11,18H,4-5,8H2,1-3H3. The minimum Gasteiger partial charge on any atom is -0.396 e. The topological polar surface area (TPSA) is 33.1 Å². The van der Waals surface area contributed by atoms with Crippen LogP contribution in [-0.2, 0) is 11.8 Å². The van der Waals surface area contributed by atoms with Gasteiger partial charge in [0, 0.05) is 24.4 Å². The van der Waals surface area contributed by atoms with Gasteiger partial charge in [0.25, 0.3) is 0 Å². The maximum Gasteiger partial charge on any atom is 0.0434 e. The number of fused-ring (bicyclic) bond motifs is 1. The highest BCUT2D eigenvalue weighted by atomic mass is 16.2. The number of pyridine rings is 1. The highest BCUT2D eigenvalue weighted by molar-refractivity contribution is 5.86. The fourth-order valence-corrected chi connectivity index (χ4v) is 2.26. The van der Waals surface area contributed by atoms with E-state index in [4.69, 9.17) is 5.11 Å². The Morgan fingerprint density at radius 1 is 1.17 bits per heavy atom. The van der Waals surface area contributed by atoms with Crippen molar-refractivity contribution >= 4 is 10.8 Å². The molecule has 0 aliphatic heterocycles. The zero-order chi connectivity index (χ0) is 13.2. The molecule has 0 radical (unpaired) electrons. The lowest BCUT2D eigenvalue weighted by atomic mass is 9.85. The molecule has 18 heavy (non-hydrogen) atoms. The van der Waals surface area contributed by atoms with Gasteiger partial charge in [0.05, 0.1) is 0 Å². The first-order valence-corrected chi connectivity index (χ1v) is 6.50. The van der Waals surface area contributed by atoms with Gasteiger partial charge < -0.3 is 5.11 Å². The van der Waals surface area contributed by atoms with Gasteiger partial charge in [0.2, 0.25) is 0 Å². The van der Waals surface area contributed by atoms with Gasteiger partial charge in [-0.1, -0.05) is 32.9 Å². The lowest BCUT2D eigenvalue weighted by Gasteiger charge is -2.20. The Hall–Kier alpha value is -1.41. The summed E-state index contributed by atoms with van der Waals surface area (Å²) >= 11 is 0. The fraction of sp³-hybridized carbons (Fsp3) is 0.438. The molecule has 0 fully saturated rings. The summed E-state index contributed by atoms with van der Waals surface area (Å²) in [6.07, 6.45) is 5.63. The number of nitrogens with zero attached hydrogens (tertiary/aromatic N) is 1. The number of hydrogen-bond acceptors (Lipinski definition) is 2. The van der Waals surface area contributed by atoms with Crippen LogP contribution in [0.1, 0.15) is 38.3 Å².